The van der Waals surface area contributed by atoms with Crippen LogP contribution in [0.15, 0.2) is 24.4 Å². The molecule has 0 bridgehead atoms. The molecule has 1 saturated carbocycles. The summed E-state index contributed by atoms with van der Waals surface area (Å²) in [7, 11) is 2.26. The zero-order valence-electron chi connectivity index (χ0n) is 13.9. The highest BCUT2D eigenvalue weighted by molar-refractivity contribution is 5.04. The van der Waals surface area contributed by atoms with Gasteiger partial charge < -0.3 is 5.32 Å². The van der Waals surface area contributed by atoms with Gasteiger partial charge in [-0.2, -0.15) is 0 Å². The van der Waals surface area contributed by atoms with Gasteiger partial charge in [-0.3, -0.25) is 9.88 Å². The lowest BCUT2D eigenvalue weighted by atomic mass is 9.79. The van der Waals surface area contributed by atoms with Crippen molar-refractivity contribution in [3.8, 4) is 0 Å². The molecule has 1 aliphatic carbocycles. The van der Waals surface area contributed by atoms with Crippen LogP contribution >= 0.6 is 0 Å². The summed E-state index contributed by atoms with van der Waals surface area (Å²) in [5.41, 5.74) is 1.17. The van der Waals surface area contributed by atoms with Crippen LogP contribution in [0.25, 0.3) is 0 Å². The highest BCUT2D eigenvalue weighted by Gasteiger charge is 2.32. The average molecular weight is 289 g/mol. The van der Waals surface area contributed by atoms with Crippen molar-refractivity contribution in [2.24, 2.45) is 5.92 Å². The van der Waals surface area contributed by atoms with Gasteiger partial charge in [0.1, 0.15) is 0 Å². The molecule has 2 rings (SSSR count). The van der Waals surface area contributed by atoms with Crippen molar-refractivity contribution in [2.45, 2.75) is 64.6 Å². The van der Waals surface area contributed by atoms with E-state index in [4.69, 9.17) is 0 Å². The molecule has 0 aromatic carbocycles. The van der Waals surface area contributed by atoms with Gasteiger partial charge in [-0.05, 0) is 50.9 Å². The third-order valence-corrected chi connectivity index (χ3v) is 4.79. The fourth-order valence-corrected chi connectivity index (χ4v) is 3.75. The molecular weight excluding hydrogens is 258 g/mol. The topological polar surface area (TPSA) is 28.2 Å². The molecule has 3 unspecified atom stereocenters. The Morgan fingerprint density at radius 2 is 2.14 bits per heavy atom. The molecule has 0 aliphatic heterocycles. The zero-order valence-corrected chi connectivity index (χ0v) is 13.9. The summed E-state index contributed by atoms with van der Waals surface area (Å²) in [6, 6.07) is 7.47. The fourth-order valence-electron chi connectivity index (χ4n) is 3.75. The van der Waals surface area contributed by atoms with E-state index in [1.807, 2.05) is 12.3 Å². The van der Waals surface area contributed by atoms with Crippen molar-refractivity contribution in [2.75, 3.05) is 13.6 Å². The standard InChI is InChI=1S/C18H31N3/c1-4-8-15-10-11-17(19-5-2)18(13-15)21(3)14-16-9-6-7-12-20-16/h6-7,9,12,15,17-19H,4-5,8,10-11,13-14H2,1-3H3. The minimum Gasteiger partial charge on any atom is -0.313 e. The van der Waals surface area contributed by atoms with Crippen LogP contribution < -0.4 is 5.32 Å². The Kier molecular flexibility index (Phi) is 6.65. The molecular formula is C18H31N3. The Balaban J connectivity index is 2.00. The molecule has 0 saturated heterocycles. The van der Waals surface area contributed by atoms with Crippen LogP contribution in [0.1, 0.15) is 51.6 Å². The van der Waals surface area contributed by atoms with Crippen molar-refractivity contribution in [3.63, 3.8) is 0 Å². The second-order valence-electron chi connectivity index (χ2n) is 6.44. The largest absolute Gasteiger partial charge is 0.313 e. The van der Waals surface area contributed by atoms with E-state index in [2.05, 4.69) is 48.2 Å². The van der Waals surface area contributed by atoms with Gasteiger partial charge in [-0.25, -0.2) is 0 Å². The molecule has 0 amide bonds. The molecule has 1 aromatic rings. The molecule has 1 aliphatic rings. The predicted molar refractivity (Wildman–Crippen MR) is 89.2 cm³/mol. The van der Waals surface area contributed by atoms with Crippen molar-refractivity contribution < 1.29 is 0 Å². The first-order chi connectivity index (χ1) is 10.2. The lowest BCUT2D eigenvalue weighted by Crippen LogP contribution is -2.51. The van der Waals surface area contributed by atoms with Gasteiger partial charge in [0, 0.05) is 24.8 Å². The summed E-state index contributed by atoms with van der Waals surface area (Å²) in [6.07, 6.45) is 8.62. The molecule has 1 heterocycles. The molecule has 1 fully saturated rings. The molecule has 1 N–H and O–H groups in total. The van der Waals surface area contributed by atoms with Gasteiger partial charge in [-0.1, -0.05) is 32.8 Å². The van der Waals surface area contributed by atoms with Crippen molar-refractivity contribution in [1.82, 2.24) is 15.2 Å². The number of hydrogen-bond acceptors (Lipinski definition) is 3. The van der Waals surface area contributed by atoms with Crippen LogP contribution in [-0.4, -0.2) is 35.6 Å². The lowest BCUT2D eigenvalue weighted by molar-refractivity contribution is 0.110. The Morgan fingerprint density at radius 3 is 2.81 bits per heavy atom. The molecule has 3 nitrogen and oxygen atoms in total. The number of hydrogen-bond donors (Lipinski definition) is 1. The lowest BCUT2D eigenvalue weighted by Gasteiger charge is -2.41. The first-order valence-corrected chi connectivity index (χ1v) is 8.58. The van der Waals surface area contributed by atoms with E-state index in [0.717, 1.165) is 19.0 Å². The maximum absolute atomic E-state index is 4.48. The number of nitrogens with zero attached hydrogens (tertiary/aromatic N) is 2. The van der Waals surface area contributed by atoms with Gasteiger partial charge in [0.15, 0.2) is 0 Å². The van der Waals surface area contributed by atoms with E-state index >= 15 is 0 Å². The third kappa shape index (κ3) is 4.79. The van der Waals surface area contributed by atoms with Gasteiger partial charge in [-0.15, -0.1) is 0 Å². The van der Waals surface area contributed by atoms with Gasteiger partial charge in [0.25, 0.3) is 0 Å². The van der Waals surface area contributed by atoms with E-state index < -0.39 is 0 Å². The fraction of sp³-hybridized carbons (Fsp3) is 0.722. The van der Waals surface area contributed by atoms with Crippen LogP contribution in [0.4, 0.5) is 0 Å². The summed E-state index contributed by atoms with van der Waals surface area (Å²) < 4.78 is 0. The van der Waals surface area contributed by atoms with E-state index in [1.165, 1.54) is 37.8 Å². The SMILES string of the molecule is CCCC1CCC(NCC)C(N(C)Cc2ccccn2)C1. The molecule has 0 spiro atoms. The Morgan fingerprint density at radius 1 is 1.29 bits per heavy atom. The highest BCUT2D eigenvalue weighted by Crippen LogP contribution is 2.31. The van der Waals surface area contributed by atoms with Crippen molar-refractivity contribution in [3.05, 3.63) is 30.1 Å². The van der Waals surface area contributed by atoms with Crippen LogP contribution in [0, 0.1) is 5.92 Å². The minimum atomic E-state index is 0.636. The van der Waals surface area contributed by atoms with Crippen molar-refractivity contribution >= 4 is 0 Å². The van der Waals surface area contributed by atoms with E-state index in [1.54, 1.807) is 0 Å². The number of nitrogens with one attached hydrogen (secondary N) is 1. The predicted octanol–water partition coefficient (Wildman–Crippen LogP) is 3.46. The molecule has 118 valence electrons. The summed E-state index contributed by atoms with van der Waals surface area (Å²) in [5, 5.41) is 3.70. The molecule has 0 radical (unpaired) electrons. The third-order valence-electron chi connectivity index (χ3n) is 4.79. The monoisotopic (exact) mass is 289 g/mol. The normalized spacial score (nSPS) is 26.2. The molecule has 3 heteroatoms. The Hall–Kier alpha value is -0.930. The second kappa shape index (κ2) is 8.50. The zero-order chi connectivity index (χ0) is 15.1. The quantitative estimate of drug-likeness (QED) is 0.833. The maximum Gasteiger partial charge on any atom is 0.0543 e. The Labute approximate surface area is 130 Å². The van der Waals surface area contributed by atoms with Gasteiger partial charge in [0.05, 0.1) is 5.69 Å². The smallest absolute Gasteiger partial charge is 0.0543 e. The van der Waals surface area contributed by atoms with Crippen LogP contribution in [0.2, 0.25) is 0 Å². The molecule has 1 aromatic heterocycles. The van der Waals surface area contributed by atoms with E-state index in [9.17, 15) is 0 Å². The molecule has 3 atom stereocenters. The number of likely N-dealkylation sites (N-methyl/N-ethyl adjacent to an activating group) is 2. The van der Waals surface area contributed by atoms with E-state index in [0.29, 0.717) is 12.1 Å². The first-order valence-electron chi connectivity index (χ1n) is 8.58. The summed E-state index contributed by atoms with van der Waals surface area (Å²) >= 11 is 0. The average Bonchev–Trinajstić information content (AvgIpc) is 2.50. The molecule has 21 heavy (non-hydrogen) atoms. The van der Waals surface area contributed by atoms with E-state index in [-0.39, 0.29) is 0 Å². The Bertz CT molecular complexity index is 393. The van der Waals surface area contributed by atoms with Crippen molar-refractivity contribution in [1.29, 1.82) is 0 Å². The number of pyridine rings is 1. The summed E-state index contributed by atoms with van der Waals surface area (Å²) in [4.78, 5) is 6.99. The second-order valence-corrected chi connectivity index (χ2v) is 6.44. The maximum atomic E-state index is 4.48. The summed E-state index contributed by atoms with van der Waals surface area (Å²) in [5.74, 6) is 0.904. The van der Waals surface area contributed by atoms with Gasteiger partial charge in [0.2, 0.25) is 0 Å². The van der Waals surface area contributed by atoms with Crippen LogP contribution in [-0.2, 0) is 6.54 Å². The van der Waals surface area contributed by atoms with Crippen LogP contribution in [0.3, 0.4) is 0 Å². The number of rotatable bonds is 7. The minimum absolute atomic E-state index is 0.636. The summed E-state index contributed by atoms with van der Waals surface area (Å²) in [6.45, 7) is 6.54. The highest BCUT2D eigenvalue weighted by atomic mass is 15.2. The van der Waals surface area contributed by atoms with Gasteiger partial charge >= 0.3 is 0 Å². The van der Waals surface area contributed by atoms with Crippen LogP contribution in [0.5, 0.6) is 0 Å². The first kappa shape index (κ1) is 16.4. The number of aromatic nitrogens is 1.